The number of ether oxygens (including phenoxy) is 3. The largest absolute Gasteiger partial charge is 0.493 e. The first-order valence-corrected chi connectivity index (χ1v) is 13.3. The fourth-order valence-electron chi connectivity index (χ4n) is 4.13. The number of benzene rings is 3. The van der Waals surface area contributed by atoms with E-state index in [1.165, 1.54) is 33.5 Å². The predicted octanol–water partition coefficient (Wildman–Crippen LogP) is 6.13. The molecule has 0 saturated carbocycles. The first-order chi connectivity index (χ1) is 19.8. The van der Waals surface area contributed by atoms with Crippen molar-refractivity contribution in [2.24, 2.45) is 0 Å². The molecule has 1 amide bonds. The van der Waals surface area contributed by atoms with Crippen molar-refractivity contribution in [3.63, 3.8) is 0 Å². The van der Waals surface area contributed by atoms with E-state index in [1.54, 1.807) is 31.2 Å². The molecule has 9 nitrogen and oxygen atoms in total. The van der Waals surface area contributed by atoms with Gasteiger partial charge in [0, 0.05) is 16.8 Å². The molecule has 0 saturated heterocycles. The van der Waals surface area contributed by atoms with Crippen molar-refractivity contribution < 1.29 is 28.9 Å². The molecule has 4 rings (SSSR count). The summed E-state index contributed by atoms with van der Waals surface area (Å²) in [5.41, 5.74) is 3.34. The summed E-state index contributed by atoms with van der Waals surface area (Å²) in [7, 11) is 4.55. The van der Waals surface area contributed by atoms with Gasteiger partial charge in [0.05, 0.1) is 43.4 Å². The lowest BCUT2D eigenvalue weighted by Gasteiger charge is -2.18. The molecule has 0 bridgehead atoms. The Morgan fingerprint density at radius 2 is 1.61 bits per heavy atom. The van der Waals surface area contributed by atoms with Gasteiger partial charge in [-0.2, -0.15) is 5.26 Å². The van der Waals surface area contributed by atoms with Crippen LogP contribution in [-0.4, -0.2) is 48.5 Å². The first kappa shape index (κ1) is 29.0. The highest BCUT2D eigenvalue weighted by molar-refractivity contribution is 8.00. The van der Waals surface area contributed by atoms with Crippen LogP contribution < -0.4 is 19.5 Å². The number of hydrogen-bond donors (Lipinski definition) is 2. The van der Waals surface area contributed by atoms with Crippen LogP contribution in [0.25, 0.3) is 22.4 Å². The first-order valence-electron chi connectivity index (χ1n) is 12.4. The van der Waals surface area contributed by atoms with Crippen molar-refractivity contribution >= 4 is 29.3 Å². The van der Waals surface area contributed by atoms with Crippen LogP contribution in [0.15, 0.2) is 77.8 Å². The minimum Gasteiger partial charge on any atom is -0.493 e. The molecule has 2 N–H and O–H groups in total. The Balaban J connectivity index is 1.79. The Morgan fingerprint density at radius 3 is 2.20 bits per heavy atom. The van der Waals surface area contributed by atoms with E-state index in [1.807, 2.05) is 36.4 Å². The highest BCUT2D eigenvalue weighted by Crippen LogP contribution is 2.43. The molecule has 1 heterocycles. The summed E-state index contributed by atoms with van der Waals surface area (Å²) in [6, 6.07) is 23.1. The van der Waals surface area contributed by atoms with Gasteiger partial charge >= 0.3 is 5.97 Å². The zero-order chi connectivity index (χ0) is 29.5. The molecule has 0 spiro atoms. The van der Waals surface area contributed by atoms with Crippen LogP contribution in [0, 0.1) is 11.3 Å². The molecular formula is C31H27N3O6S. The molecule has 41 heavy (non-hydrogen) atoms. The number of carbonyl (C=O) groups is 2. The number of carboxylic acids is 1. The molecule has 1 atom stereocenters. The SMILES string of the molecule is COc1cc(-c2cc(-c3ccccc3)nc(SC(C)C(=O)Nc3cccc(C(=O)O)c3)c2C#N)cc(OC)c1OC. The number of methoxy groups -OCH3 is 3. The molecule has 0 aliphatic heterocycles. The summed E-state index contributed by atoms with van der Waals surface area (Å²) >= 11 is 1.13. The van der Waals surface area contributed by atoms with Crippen molar-refractivity contribution in [2.45, 2.75) is 17.2 Å². The third-order valence-corrected chi connectivity index (χ3v) is 7.26. The van der Waals surface area contributed by atoms with E-state index in [0.29, 0.717) is 44.8 Å². The highest BCUT2D eigenvalue weighted by Gasteiger charge is 2.23. The van der Waals surface area contributed by atoms with Crippen LogP contribution in [0.4, 0.5) is 5.69 Å². The number of nitriles is 1. The van der Waals surface area contributed by atoms with Gasteiger partial charge < -0.3 is 24.6 Å². The number of thioether (sulfide) groups is 1. The predicted molar refractivity (Wildman–Crippen MR) is 157 cm³/mol. The van der Waals surface area contributed by atoms with Gasteiger partial charge in [-0.3, -0.25) is 4.79 Å². The second-order valence-electron chi connectivity index (χ2n) is 8.76. The smallest absolute Gasteiger partial charge is 0.335 e. The number of pyridine rings is 1. The minimum absolute atomic E-state index is 0.0575. The Bertz CT molecular complexity index is 1610. The van der Waals surface area contributed by atoms with E-state index in [0.717, 1.165) is 17.3 Å². The summed E-state index contributed by atoms with van der Waals surface area (Å²) < 4.78 is 16.5. The van der Waals surface area contributed by atoms with E-state index in [2.05, 4.69) is 11.4 Å². The molecule has 4 aromatic rings. The van der Waals surface area contributed by atoms with Gasteiger partial charge in [0.25, 0.3) is 0 Å². The Hall–Kier alpha value is -5.01. The lowest BCUT2D eigenvalue weighted by Crippen LogP contribution is -2.23. The molecule has 0 radical (unpaired) electrons. The monoisotopic (exact) mass is 569 g/mol. The third kappa shape index (κ3) is 6.42. The fourth-order valence-corrected chi connectivity index (χ4v) is 5.06. The summed E-state index contributed by atoms with van der Waals surface area (Å²) in [5.74, 6) is -0.198. The van der Waals surface area contributed by atoms with Crippen molar-refractivity contribution in [1.29, 1.82) is 5.26 Å². The average molecular weight is 570 g/mol. The van der Waals surface area contributed by atoms with Gasteiger partial charge in [0.15, 0.2) is 11.5 Å². The molecule has 208 valence electrons. The van der Waals surface area contributed by atoms with Crippen LogP contribution in [-0.2, 0) is 4.79 Å². The van der Waals surface area contributed by atoms with E-state index in [9.17, 15) is 20.0 Å². The number of nitrogens with zero attached hydrogens (tertiary/aromatic N) is 2. The lowest BCUT2D eigenvalue weighted by atomic mass is 9.98. The van der Waals surface area contributed by atoms with Crippen molar-refractivity contribution in [3.05, 3.63) is 83.9 Å². The quantitative estimate of drug-likeness (QED) is 0.217. The summed E-state index contributed by atoms with van der Waals surface area (Å²) in [6.45, 7) is 1.69. The number of carboxylic acid groups (broad SMARTS) is 1. The standard InChI is InChI=1S/C31H27N3O6S/c1-18(29(35)33-22-12-8-11-20(13-22)31(36)37)41-30-24(17-32)23(16-25(34-30)19-9-6-5-7-10-19)21-14-26(38-2)28(40-4)27(15-21)39-3/h5-16,18H,1-4H3,(H,33,35)(H,36,37). The third-order valence-electron chi connectivity index (χ3n) is 6.18. The van der Waals surface area contributed by atoms with Gasteiger partial charge in [-0.1, -0.05) is 48.2 Å². The van der Waals surface area contributed by atoms with Crippen molar-refractivity contribution in [2.75, 3.05) is 26.6 Å². The highest BCUT2D eigenvalue weighted by atomic mass is 32.2. The normalized spacial score (nSPS) is 11.2. The van der Waals surface area contributed by atoms with Gasteiger partial charge in [-0.25, -0.2) is 9.78 Å². The zero-order valence-electron chi connectivity index (χ0n) is 22.8. The van der Waals surface area contributed by atoms with E-state index in [-0.39, 0.29) is 17.0 Å². The molecule has 1 unspecified atom stereocenters. The lowest BCUT2D eigenvalue weighted by molar-refractivity contribution is -0.115. The Morgan fingerprint density at radius 1 is 0.927 bits per heavy atom. The van der Waals surface area contributed by atoms with Crippen molar-refractivity contribution in [3.8, 4) is 45.7 Å². The number of carbonyl (C=O) groups excluding carboxylic acids is 1. The van der Waals surface area contributed by atoms with E-state index >= 15 is 0 Å². The number of amides is 1. The zero-order valence-corrected chi connectivity index (χ0v) is 23.6. The molecular weight excluding hydrogens is 542 g/mol. The second kappa shape index (κ2) is 12.9. The topological polar surface area (TPSA) is 131 Å². The molecule has 10 heteroatoms. The Labute approximate surface area is 241 Å². The Kier molecular flexibility index (Phi) is 9.12. The molecule has 1 aromatic heterocycles. The van der Waals surface area contributed by atoms with E-state index in [4.69, 9.17) is 19.2 Å². The van der Waals surface area contributed by atoms with Crippen LogP contribution in [0.3, 0.4) is 0 Å². The summed E-state index contributed by atoms with van der Waals surface area (Å²) in [5, 5.41) is 22.0. The molecule has 0 fully saturated rings. The van der Waals surface area contributed by atoms with Crippen LogP contribution in [0.1, 0.15) is 22.8 Å². The van der Waals surface area contributed by atoms with E-state index < -0.39 is 11.2 Å². The number of anilines is 1. The number of hydrogen-bond acceptors (Lipinski definition) is 8. The summed E-state index contributed by atoms with van der Waals surface area (Å²) in [4.78, 5) is 29.2. The van der Waals surface area contributed by atoms with Crippen molar-refractivity contribution in [1.82, 2.24) is 4.98 Å². The number of aromatic nitrogens is 1. The van der Waals surface area contributed by atoms with Gasteiger partial charge in [0.2, 0.25) is 11.7 Å². The van der Waals surface area contributed by atoms with Crippen LogP contribution >= 0.6 is 11.8 Å². The minimum atomic E-state index is -1.09. The van der Waals surface area contributed by atoms with Crippen LogP contribution in [0.5, 0.6) is 17.2 Å². The maximum atomic E-state index is 13.1. The molecule has 0 aliphatic rings. The van der Waals surface area contributed by atoms with Crippen LogP contribution in [0.2, 0.25) is 0 Å². The van der Waals surface area contributed by atoms with Gasteiger partial charge in [-0.05, 0) is 48.9 Å². The number of nitrogens with one attached hydrogen (secondary N) is 1. The maximum Gasteiger partial charge on any atom is 0.335 e. The molecule has 3 aromatic carbocycles. The van der Waals surface area contributed by atoms with Gasteiger partial charge in [0.1, 0.15) is 11.1 Å². The average Bonchev–Trinajstić information content (AvgIpc) is 3.00. The second-order valence-corrected chi connectivity index (χ2v) is 10.1. The number of rotatable bonds is 10. The van der Waals surface area contributed by atoms with Gasteiger partial charge in [-0.15, -0.1) is 0 Å². The fraction of sp³-hybridized carbons (Fsp3) is 0.161. The maximum absolute atomic E-state index is 13.1. The summed E-state index contributed by atoms with van der Waals surface area (Å²) in [6.07, 6.45) is 0. The number of aromatic carboxylic acids is 1. The molecule has 0 aliphatic carbocycles.